The van der Waals surface area contributed by atoms with Crippen molar-refractivity contribution in [1.29, 1.82) is 0 Å². The number of nitrogens with zero attached hydrogens (tertiary/aromatic N) is 2. The molecule has 0 aliphatic heterocycles. The number of hydrogen-bond acceptors (Lipinski definition) is 4. The van der Waals surface area contributed by atoms with Gasteiger partial charge in [0.05, 0.1) is 11.7 Å². The Kier molecular flexibility index (Phi) is 4.92. The van der Waals surface area contributed by atoms with Crippen LogP contribution in [0.3, 0.4) is 0 Å². The maximum Gasteiger partial charge on any atom is 0.262 e. The number of hydrogen-bond donors (Lipinski definition) is 1. The third-order valence-corrected chi connectivity index (χ3v) is 5.55. The molecule has 5 nitrogen and oxygen atoms in total. The summed E-state index contributed by atoms with van der Waals surface area (Å²) < 4.78 is 1.36. The maximum atomic E-state index is 12.7. The van der Waals surface area contributed by atoms with E-state index < -0.39 is 6.04 Å². The standard InChI is InChI=1S/C18H18ClN3O2S/c1-4-13-8-14-17(25-13)20-9-22(18(14)24)11(3)16(23)21-15-7-12(19)6-5-10(15)2/h5-9,11H,4H2,1-3H3,(H,21,23)/t11-/m1/s1. The lowest BCUT2D eigenvalue weighted by molar-refractivity contribution is -0.118. The van der Waals surface area contributed by atoms with E-state index >= 15 is 0 Å². The summed E-state index contributed by atoms with van der Waals surface area (Å²) in [5, 5.41) is 3.93. The number of aromatic nitrogens is 2. The van der Waals surface area contributed by atoms with Crippen LogP contribution in [-0.2, 0) is 11.2 Å². The lowest BCUT2D eigenvalue weighted by atomic mass is 10.2. The molecule has 3 rings (SSSR count). The Morgan fingerprint density at radius 2 is 2.16 bits per heavy atom. The molecule has 1 atom stereocenters. The van der Waals surface area contributed by atoms with Crippen molar-refractivity contribution in [1.82, 2.24) is 9.55 Å². The summed E-state index contributed by atoms with van der Waals surface area (Å²) in [6, 6.07) is 6.46. The number of halogens is 1. The third-order valence-electron chi connectivity index (χ3n) is 4.13. The molecule has 7 heteroatoms. The van der Waals surface area contributed by atoms with Crippen LogP contribution in [0.2, 0.25) is 5.02 Å². The highest BCUT2D eigenvalue weighted by Crippen LogP contribution is 2.23. The van der Waals surface area contributed by atoms with Gasteiger partial charge >= 0.3 is 0 Å². The van der Waals surface area contributed by atoms with E-state index in [9.17, 15) is 9.59 Å². The summed E-state index contributed by atoms with van der Waals surface area (Å²) in [6.07, 6.45) is 2.29. The van der Waals surface area contributed by atoms with Gasteiger partial charge in [-0.05, 0) is 44.0 Å². The smallest absolute Gasteiger partial charge is 0.262 e. The van der Waals surface area contributed by atoms with E-state index in [1.165, 1.54) is 22.2 Å². The fourth-order valence-electron chi connectivity index (χ4n) is 2.53. The minimum atomic E-state index is -0.687. The van der Waals surface area contributed by atoms with Gasteiger partial charge in [-0.1, -0.05) is 24.6 Å². The first kappa shape index (κ1) is 17.6. The molecule has 2 aromatic heterocycles. The highest BCUT2D eigenvalue weighted by Gasteiger charge is 2.19. The molecule has 0 unspecified atom stereocenters. The molecule has 0 saturated carbocycles. The van der Waals surface area contributed by atoms with Crippen LogP contribution in [0.4, 0.5) is 5.69 Å². The number of carbonyl (C=O) groups excluding carboxylic acids is 1. The number of benzene rings is 1. The van der Waals surface area contributed by atoms with Gasteiger partial charge in [-0.25, -0.2) is 4.98 Å². The highest BCUT2D eigenvalue weighted by atomic mass is 35.5. The van der Waals surface area contributed by atoms with Crippen molar-refractivity contribution in [2.75, 3.05) is 5.32 Å². The average Bonchev–Trinajstić information content (AvgIpc) is 3.02. The molecular formula is C18H18ClN3O2S. The molecule has 2 heterocycles. The second-order valence-corrected chi connectivity index (χ2v) is 7.42. The zero-order valence-electron chi connectivity index (χ0n) is 14.2. The van der Waals surface area contributed by atoms with Crippen LogP contribution in [0.25, 0.3) is 10.2 Å². The number of amides is 1. The Bertz CT molecular complexity index is 1010. The monoisotopic (exact) mass is 375 g/mol. The molecule has 0 aliphatic rings. The largest absolute Gasteiger partial charge is 0.324 e. The van der Waals surface area contributed by atoms with Gasteiger partial charge in [-0.15, -0.1) is 11.3 Å². The summed E-state index contributed by atoms with van der Waals surface area (Å²) in [5.41, 5.74) is 1.33. The molecule has 0 radical (unpaired) electrons. The fourth-order valence-corrected chi connectivity index (χ4v) is 3.63. The van der Waals surface area contributed by atoms with E-state index in [2.05, 4.69) is 10.3 Å². The van der Waals surface area contributed by atoms with Crippen molar-refractivity contribution in [3.05, 3.63) is 56.4 Å². The van der Waals surface area contributed by atoms with E-state index in [0.29, 0.717) is 20.9 Å². The van der Waals surface area contributed by atoms with Crippen molar-refractivity contribution < 1.29 is 4.79 Å². The molecule has 3 aromatic rings. The molecule has 1 aromatic carbocycles. The quantitative estimate of drug-likeness (QED) is 0.743. The van der Waals surface area contributed by atoms with Crippen LogP contribution in [0.5, 0.6) is 0 Å². The number of anilines is 1. The third kappa shape index (κ3) is 3.45. The topological polar surface area (TPSA) is 64.0 Å². The lowest BCUT2D eigenvalue weighted by Gasteiger charge is -2.16. The average molecular weight is 376 g/mol. The van der Waals surface area contributed by atoms with Gasteiger partial charge in [0.25, 0.3) is 5.56 Å². The molecule has 0 aliphatic carbocycles. The number of fused-ring (bicyclic) bond motifs is 1. The summed E-state index contributed by atoms with van der Waals surface area (Å²) in [4.78, 5) is 31.4. The molecule has 0 fully saturated rings. The van der Waals surface area contributed by atoms with Gasteiger partial charge in [0.1, 0.15) is 10.9 Å². The molecule has 0 bridgehead atoms. The Morgan fingerprint density at radius 1 is 1.40 bits per heavy atom. The van der Waals surface area contributed by atoms with Gasteiger partial charge in [0.2, 0.25) is 5.91 Å². The maximum absolute atomic E-state index is 12.7. The number of rotatable bonds is 4. The van der Waals surface area contributed by atoms with Gasteiger partial charge in [0.15, 0.2) is 0 Å². The van der Waals surface area contributed by atoms with Crippen LogP contribution in [-0.4, -0.2) is 15.5 Å². The lowest BCUT2D eigenvalue weighted by Crippen LogP contribution is -2.31. The number of thiophene rings is 1. The predicted molar refractivity (Wildman–Crippen MR) is 103 cm³/mol. The van der Waals surface area contributed by atoms with Gasteiger partial charge in [0, 0.05) is 15.6 Å². The van der Waals surface area contributed by atoms with Crippen LogP contribution >= 0.6 is 22.9 Å². The van der Waals surface area contributed by atoms with Gasteiger partial charge < -0.3 is 5.32 Å². The molecule has 0 spiro atoms. The first-order valence-electron chi connectivity index (χ1n) is 7.97. The van der Waals surface area contributed by atoms with Gasteiger partial charge in [-0.3, -0.25) is 14.2 Å². The second kappa shape index (κ2) is 6.98. The van der Waals surface area contributed by atoms with E-state index in [1.807, 2.05) is 26.0 Å². The molecule has 1 N–H and O–H groups in total. The van der Waals surface area contributed by atoms with Crippen molar-refractivity contribution in [2.45, 2.75) is 33.2 Å². The summed E-state index contributed by atoms with van der Waals surface area (Å²) in [6.45, 7) is 5.60. The van der Waals surface area contributed by atoms with E-state index in [4.69, 9.17) is 11.6 Å². The van der Waals surface area contributed by atoms with E-state index in [0.717, 1.165) is 16.9 Å². The second-order valence-electron chi connectivity index (χ2n) is 5.87. The van der Waals surface area contributed by atoms with Crippen LogP contribution in [0.1, 0.15) is 30.3 Å². The van der Waals surface area contributed by atoms with Crippen molar-refractivity contribution in [2.24, 2.45) is 0 Å². The minimum Gasteiger partial charge on any atom is -0.324 e. The normalized spacial score (nSPS) is 12.3. The molecule has 0 saturated heterocycles. The molecule has 25 heavy (non-hydrogen) atoms. The Hall–Kier alpha value is -2.18. The number of carbonyl (C=O) groups is 1. The Morgan fingerprint density at radius 3 is 2.88 bits per heavy atom. The predicted octanol–water partition coefficient (Wildman–Crippen LogP) is 4.18. The van der Waals surface area contributed by atoms with E-state index in [1.54, 1.807) is 19.1 Å². The Labute approximate surface area is 154 Å². The molecule has 1 amide bonds. The Balaban J connectivity index is 1.92. The van der Waals surface area contributed by atoms with Crippen molar-refractivity contribution >= 4 is 44.7 Å². The fraction of sp³-hybridized carbons (Fsp3) is 0.278. The van der Waals surface area contributed by atoms with Crippen LogP contribution < -0.4 is 10.9 Å². The van der Waals surface area contributed by atoms with E-state index in [-0.39, 0.29) is 11.5 Å². The summed E-state index contributed by atoms with van der Waals surface area (Å²) >= 11 is 7.49. The summed E-state index contributed by atoms with van der Waals surface area (Å²) in [5.74, 6) is -0.292. The molecule has 130 valence electrons. The number of aryl methyl sites for hydroxylation is 2. The zero-order chi connectivity index (χ0) is 18.1. The van der Waals surface area contributed by atoms with Crippen molar-refractivity contribution in [3.8, 4) is 0 Å². The highest BCUT2D eigenvalue weighted by molar-refractivity contribution is 7.18. The SMILES string of the molecule is CCc1cc2c(=O)n([C@H](C)C(=O)Nc3cc(Cl)ccc3C)cnc2s1. The first-order valence-corrected chi connectivity index (χ1v) is 9.16. The number of nitrogens with one attached hydrogen (secondary N) is 1. The first-order chi connectivity index (χ1) is 11.9. The zero-order valence-corrected chi connectivity index (χ0v) is 15.7. The van der Waals surface area contributed by atoms with Crippen LogP contribution in [0, 0.1) is 6.92 Å². The van der Waals surface area contributed by atoms with Crippen LogP contribution in [0.15, 0.2) is 35.4 Å². The van der Waals surface area contributed by atoms with Gasteiger partial charge in [-0.2, -0.15) is 0 Å². The summed E-state index contributed by atoms with van der Waals surface area (Å²) in [7, 11) is 0. The minimum absolute atomic E-state index is 0.202. The molecular weight excluding hydrogens is 358 g/mol. The van der Waals surface area contributed by atoms with Crippen molar-refractivity contribution in [3.63, 3.8) is 0 Å².